The Hall–Kier alpha value is -2.96. The molecular weight excluding hydrogens is 492 g/mol. The van der Waals surface area contributed by atoms with Crippen molar-refractivity contribution in [1.29, 1.82) is 0 Å². The van der Waals surface area contributed by atoms with E-state index in [-0.39, 0.29) is 12.1 Å². The molecule has 0 radical (unpaired) electrons. The summed E-state index contributed by atoms with van der Waals surface area (Å²) in [6.07, 6.45) is 3.94. The van der Waals surface area contributed by atoms with E-state index in [4.69, 9.17) is 12.2 Å². The fourth-order valence-corrected chi connectivity index (χ4v) is 5.18. The SMILES string of the molecule is CC(C)c1ccc(N2C(=S)N[C@@H](c3ccccn3)[C@H]2c2cccn2-c2cccc(Br)c2)cc1. The average Bonchev–Trinajstić information content (AvgIpc) is 3.44. The topological polar surface area (TPSA) is 33.1 Å². The van der Waals surface area contributed by atoms with Crippen LogP contribution in [0.1, 0.15) is 48.8 Å². The second-order valence-electron chi connectivity index (χ2n) is 8.53. The minimum Gasteiger partial charge on any atom is -0.351 e. The van der Waals surface area contributed by atoms with E-state index < -0.39 is 0 Å². The molecule has 5 rings (SSSR count). The van der Waals surface area contributed by atoms with Crippen LogP contribution >= 0.6 is 28.1 Å². The highest BCUT2D eigenvalue weighted by molar-refractivity contribution is 9.10. The van der Waals surface area contributed by atoms with Crippen LogP contribution < -0.4 is 10.2 Å². The van der Waals surface area contributed by atoms with Crippen LogP contribution in [-0.2, 0) is 0 Å². The Labute approximate surface area is 208 Å². The normalized spacial score (nSPS) is 18.1. The number of aromatic nitrogens is 2. The van der Waals surface area contributed by atoms with Gasteiger partial charge in [0.1, 0.15) is 6.04 Å². The highest BCUT2D eigenvalue weighted by Crippen LogP contribution is 2.42. The molecule has 2 atom stereocenters. The summed E-state index contributed by atoms with van der Waals surface area (Å²) in [5.41, 5.74) is 5.59. The molecule has 4 nitrogen and oxygen atoms in total. The van der Waals surface area contributed by atoms with Crippen LogP contribution in [0.25, 0.3) is 5.69 Å². The Bertz CT molecular complexity index is 1270. The second-order valence-corrected chi connectivity index (χ2v) is 9.83. The first-order chi connectivity index (χ1) is 16.0. The lowest BCUT2D eigenvalue weighted by Crippen LogP contribution is -2.30. The highest BCUT2D eigenvalue weighted by atomic mass is 79.9. The van der Waals surface area contributed by atoms with E-state index in [2.05, 4.69) is 116 Å². The van der Waals surface area contributed by atoms with Gasteiger partial charge in [-0.3, -0.25) is 4.98 Å². The van der Waals surface area contributed by atoms with E-state index in [0.29, 0.717) is 11.0 Å². The molecule has 4 aromatic rings. The van der Waals surface area contributed by atoms with Crippen molar-refractivity contribution in [3.05, 3.63) is 113 Å². The quantitative estimate of drug-likeness (QED) is 0.291. The van der Waals surface area contributed by atoms with Gasteiger partial charge in [0.2, 0.25) is 0 Å². The average molecular weight is 517 g/mol. The fourth-order valence-electron chi connectivity index (χ4n) is 4.45. The van der Waals surface area contributed by atoms with E-state index in [1.54, 1.807) is 0 Å². The van der Waals surface area contributed by atoms with Crippen molar-refractivity contribution in [2.75, 3.05) is 4.90 Å². The Morgan fingerprint density at radius 2 is 1.76 bits per heavy atom. The van der Waals surface area contributed by atoms with Gasteiger partial charge in [-0.25, -0.2) is 0 Å². The van der Waals surface area contributed by atoms with E-state index in [1.807, 2.05) is 24.4 Å². The summed E-state index contributed by atoms with van der Waals surface area (Å²) in [4.78, 5) is 6.90. The molecule has 0 bridgehead atoms. The second kappa shape index (κ2) is 9.12. The monoisotopic (exact) mass is 516 g/mol. The molecule has 6 heteroatoms. The molecule has 0 unspecified atom stereocenters. The molecule has 0 spiro atoms. The number of nitrogens with zero attached hydrogens (tertiary/aromatic N) is 3. The molecule has 1 saturated heterocycles. The van der Waals surface area contributed by atoms with Crippen LogP contribution in [0.4, 0.5) is 5.69 Å². The Morgan fingerprint density at radius 3 is 2.45 bits per heavy atom. The molecule has 166 valence electrons. The largest absolute Gasteiger partial charge is 0.351 e. The lowest BCUT2D eigenvalue weighted by Gasteiger charge is -2.29. The van der Waals surface area contributed by atoms with Crippen LogP contribution in [0.15, 0.2) is 95.7 Å². The predicted molar refractivity (Wildman–Crippen MR) is 142 cm³/mol. The van der Waals surface area contributed by atoms with Gasteiger partial charge in [0.15, 0.2) is 5.11 Å². The minimum atomic E-state index is -0.0794. The van der Waals surface area contributed by atoms with Gasteiger partial charge in [-0.1, -0.05) is 54.0 Å². The van der Waals surface area contributed by atoms with Crippen LogP contribution in [0.5, 0.6) is 0 Å². The van der Waals surface area contributed by atoms with Crippen LogP contribution in [0.2, 0.25) is 0 Å². The third-order valence-electron chi connectivity index (χ3n) is 6.11. The van der Waals surface area contributed by atoms with Gasteiger partial charge in [-0.05, 0) is 78.3 Å². The number of pyridine rings is 1. The van der Waals surface area contributed by atoms with Crippen LogP contribution in [0, 0.1) is 0 Å². The Morgan fingerprint density at radius 1 is 0.939 bits per heavy atom. The maximum absolute atomic E-state index is 5.89. The van der Waals surface area contributed by atoms with Gasteiger partial charge in [-0.15, -0.1) is 0 Å². The van der Waals surface area contributed by atoms with Gasteiger partial charge in [-0.2, -0.15) is 0 Å². The number of halogens is 1. The van der Waals surface area contributed by atoms with Gasteiger partial charge < -0.3 is 14.8 Å². The predicted octanol–water partition coefficient (Wildman–Crippen LogP) is 6.94. The summed E-state index contributed by atoms with van der Waals surface area (Å²) in [7, 11) is 0. The van der Waals surface area contributed by atoms with Gasteiger partial charge in [0.25, 0.3) is 0 Å². The molecule has 3 heterocycles. The molecule has 33 heavy (non-hydrogen) atoms. The number of rotatable bonds is 5. The van der Waals surface area contributed by atoms with Crippen molar-refractivity contribution in [3.8, 4) is 5.69 Å². The van der Waals surface area contributed by atoms with Crippen molar-refractivity contribution in [2.24, 2.45) is 0 Å². The number of hydrogen-bond donors (Lipinski definition) is 1. The fraction of sp³-hybridized carbons (Fsp3) is 0.185. The lowest BCUT2D eigenvalue weighted by atomic mass is 9.99. The first-order valence-electron chi connectivity index (χ1n) is 11.1. The molecule has 1 N–H and O–H groups in total. The zero-order chi connectivity index (χ0) is 22.9. The van der Waals surface area contributed by atoms with E-state index in [1.165, 1.54) is 5.56 Å². The van der Waals surface area contributed by atoms with Gasteiger partial charge >= 0.3 is 0 Å². The molecular formula is C27H25BrN4S. The lowest BCUT2D eigenvalue weighted by molar-refractivity contribution is 0.549. The Kier molecular flexibility index (Phi) is 6.04. The number of nitrogens with one attached hydrogen (secondary N) is 1. The summed E-state index contributed by atoms with van der Waals surface area (Å²) in [6, 6.07) is 27.2. The molecule has 1 fully saturated rings. The van der Waals surface area contributed by atoms with Crippen molar-refractivity contribution >= 4 is 38.9 Å². The summed E-state index contributed by atoms with van der Waals surface area (Å²) in [5.74, 6) is 0.480. The molecule has 1 aliphatic rings. The van der Waals surface area contributed by atoms with Crippen molar-refractivity contribution in [3.63, 3.8) is 0 Å². The van der Waals surface area contributed by atoms with E-state index in [0.717, 1.165) is 27.2 Å². The maximum atomic E-state index is 5.89. The van der Waals surface area contributed by atoms with Crippen molar-refractivity contribution < 1.29 is 0 Å². The molecule has 0 saturated carbocycles. The third kappa shape index (κ3) is 4.21. The van der Waals surface area contributed by atoms with E-state index >= 15 is 0 Å². The number of hydrogen-bond acceptors (Lipinski definition) is 2. The standard InChI is InChI=1S/C27H25BrN4S/c1-18(2)19-11-13-21(14-12-19)32-26(25(30-27(32)33)23-9-3-4-15-29-23)24-10-6-16-31(24)22-8-5-7-20(28)17-22/h3-18,25-26H,1-2H3,(H,30,33)/t25-,26+/m0/s1. The third-order valence-corrected chi connectivity index (χ3v) is 6.91. The molecule has 0 amide bonds. The molecule has 2 aromatic heterocycles. The highest BCUT2D eigenvalue weighted by Gasteiger charge is 2.42. The van der Waals surface area contributed by atoms with Crippen LogP contribution in [0.3, 0.4) is 0 Å². The Balaban J connectivity index is 1.64. The van der Waals surface area contributed by atoms with Gasteiger partial charge in [0, 0.05) is 33.9 Å². The molecule has 1 aliphatic heterocycles. The molecule has 0 aliphatic carbocycles. The van der Waals surface area contributed by atoms with Crippen LogP contribution in [-0.4, -0.2) is 14.7 Å². The first-order valence-corrected chi connectivity index (χ1v) is 12.3. The van der Waals surface area contributed by atoms with Crippen molar-refractivity contribution in [2.45, 2.75) is 31.8 Å². The first kappa shape index (κ1) is 21.9. The molecule has 2 aromatic carbocycles. The smallest absolute Gasteiger partial charge is 0.174 e. The number of anilines is 1. The van der Waals surface area contributed by atoms with Crippen molar-refractivity contribution in [1.82, 2.24) is 14.9 Å². The summed E-state index contributed by atoms with van der Waals surface area (Å²) >= 11 is 9.50. The number of benzene rings is 2. The zero-order valence-corrected chi connectivity index (χ0v) is 20.9. The summed E-state index contributed by atoms with van der Waals surface area (Å²) < 4.78 is 3.28. The summed E-state index contributed by atoms with van der Waals surface area (Å²) in [6.45, 7) is 4.42. The summed E-state index contributed by atoms with van der Waals surface area (Å²) in [5, 5.41) is 4.26. The zero-order valence-electron chi connectivity index (χ0n) is 18.5. The van der Waals surface area contributed by atoms with Gasteiger partial charge in [0.05, 0.1) is 11.7 Å². The minimum absolute atomic E-state index is 0.0636. The maximum Gasteiger partial charge on any atom is 0.174 e. The van der Waals surface area contributed by atoms with E-state index in [9.17, 15) is 0 Å². The number of thiocarbonyl (C=S) groups is 1.